The molecule has 2 aromatic rings. The highest BCUT2D eigenvalue weighted by Crippen LogP contribution is 2.32. The van der Waals surface area contributed by atoms with Gasteiger partial charge in [0.2, 0.25) is 5.95 Å². The van der Waals surface area contributed by atoms with Gasteiger partial charge in [0.25, 0.3) is 0 Å². The van der Waals surface area contributed by atoms with E-state index in [2.05, 4.69) is 15.0 Å². The van der Waals surface area contributed by atoms with Gasteiger partial charge in [-0.1, -0.05) is 0 Å². The smallest absolute Gasteiger partial charge is 0.329 e. The summed E-state index contributed by atoms with van der Waals surface area (Å²) in [7, 11) is 1.73. The highest BCUT2D eigenvalue weighted by Gasteiger charge is 2.33. The van der Waals surface area contributed by atoms with Crippen LogP contribution < -0.4 is 11.3 Å². The maximum Gasteiger partial charge on any atom is 0.433 e. The van der Waals surface area contributed by atoms with Crippen LogP contribution in [0.2, 0.25) is 0 Å². The third-order valence-corrected chi connectivity index (χ3v) is 3.09. The maximum absolute atomic E-state index is 12.7. The zero-order chi connectivity index (χ0) is 14.0. The number of alkyl halides is 3. The number of nitrogens with one attached hydrogen (secondary N) is 1. The van der Waals surface area contributed by atoms with Crippen LogP contribution in [0.1, 0.15) is 5.69 Å². The van der Waals surface area contributed by atoms with E-state index >= 15 is 0 Å². The molecule has 0 amide bonds. The first-order valence-electron chi connectivity index (χ1n) is 4.98. The van der Waals surface area contributed by atoms with Gasteiger partial charge in [0, 0.05) is 25.5 Å². The molecule has 10 heteroatoms. The molecule has 102 valence electrons. The Morgan fingerprint density at radius 2 is 2.11 bits per heavy atom. The molecule has 0 radical (unpaired) electrons. The monoisotopic (exact) mass is 290 g/mol. The summed E-state index contributed by atoms with van der Waals surface area (Å²) >= 11 is 0.986. The fourth-order valence-corrected chi connectivity index (χ4v) is 2.04. The zero-order valence-electron chi connectivity index (χ0n) is 9.64. The molecular formula is C9H9F3N6S. The van der Waals surface area contributed by atoms with Gasteiger partial charge in [0.05, 0.1) is 0 Å². The number of hydrogen-bond acceptors (Lipinski definition) is 6. The molecule has 2 rings (SSSR count). The topological polar surface area (TPSA) is 81.7 Å². The van der Waals surface area contributed by atoms with Gasteiger partial charge < -0.3 is 4.57 Å². The number of nitrogens with zero attached hydrogens (tertiary/aromatic N) is 4. The number of nitrogen functional groups attached to an aromatic ring is 1. The van der Waals surface area contributed by atoms with E-state index in [0.717, 1.165) is 17.8 Å². The molecule has 0 unspecified atom stereocenters. The zero-order valence-corrected chi connectivity index (χ0v) is 10.5. The second kappa shape index (κ2) is 5.05. The number of anilines is 1. The molecule has 0 aromatic carbocycles. The minimum Gasteiger partial charge on any atom is -0.329 e. The van der Waals surface area contributed by atoms with Crippen molar-refractivity contribution in [2.75, 3.05) is 5.43 Å². The SMILES string of the molecule is Cn1ccnc1Sc1cc(C(F)(F)F)nc(NN)n1. The largest absolute Gasteiger partial charge is 0.433 e. The summed E-state index contributed by atoms with van der Waals surface area (Å²) in [4.78, 5) is 11.1. The van der Waals surface area contributed by atoms with Gasteiger partial charge in [-0.15, -0.1) is 0 Å². The number of nitrogens with two attached hydrogens (primary N) is 1. The van der Waals surface area contributed by atoms with E-state index in [1.54, 1.807) is 17.8 Å². The molecule has 0 aliphatic carbocycles. The van der Waals surface area contributed by atoms with E-state index < -0.39 is 11.9 Å². The molecule has 0 aliphatic heterocycles. The Morgan fingerprint density at radius 3 is 2.63 bits per heavy atom. The number of hydrogen-bond donors (Lipinski definition) is 2. The molecule has 6 nitrogen and oxygen atoms in total. The Hall–Kier alpha value is -1.81. The fourth-order valence-electron chi connectivity index (χ4n) is 1.23. The Kier molecular flexibility index (Phi) is 3.62. The first-order valence-corrected chi connectivity index (χ1v) is 5.80. The number of halogens is 3. The minimum atomic E-state index is -4.56. The number of aromatic nitrogens is 4. The molecule has 0 atom stereocenters. The van der Waals surface area contributed by atoms with Crippen LogP contribution in [0.25, 0.3) is 0 Å². The lowest BCUT2D eigenvalue weighted by Gasteiger charge is -2.09. The van der Waals surface area contributed by atoms with Gasteiger partial charge in [0.1, 0.15) is 5.03 Å². The van der Waals surface area contributed by atoms with E-state index in [0.29, 0.717) is 5.16 Å². The molecule has 2 heterocycles. The van der Waals surface area contributed by atoms with Gasteiger partial charge in [-0.2, -0.15) is 13.2 Å². The van der Waals surface area contributed by atoms with Crippen LogP contribution >= 0.6 is 11.8 Å². The fraction of sp³-hybridized carbons (Fsp3) is 0.222. The highest BCUT2D eigenvalue weighted by atomic mass is 32.2. The van der Waals surface area contributed by atoms with E-state index in [4.69, 9.17) is 5.84 Å². The Balaban J connectivity index is 2.37. The average molecular weight is 290 g/mol. The summed E-state index contributed by atoms with van der Waals surface area (Å²) in [5.74, 6) is 4.76. The van der Waals surface area contributed by atoms with Crippen LogP contribution in [-0.4, -0.2) is 19.5 Å². The van der Waals surface area contributed by atoms with Gasteiger partial charge in [-0.05, 0) is 11.8 Å². The highest BCUT2D eigenvalue weighted by molar-refractivity contribution is 7.99. The third-order valence-electron chi connectivity index (χ3n) is 2.10. The maximum atomic E-state index is 12.7. The van der Waals surface area contributed by atoms with Crippen LogP contribution in [0.5, 0.6) is 0 Å². The predicted molar refractivity (Wildman–Crippen MR) is 62.2 cm³/mol. The van der Waals surface area contributed by atoms with Gasteiger partial charge >= 0.3 is 6.18 Å². The normalized spacial score (nSPS) is 11.6. The lowest BCUT2D eigenvalue weighted by molar-refractivity contribution is -0.141. The van der Waals surface area contributed by atoms with Crippen molar-refractivity contribution in [2.24, 2.45) is 12.9 Å². The van der Waals surface area contributed by atoms with E-state index in [1.165, 1.54) is 6.20 Å². The summed E-state index contributed by atoms with van der Waals surface area (Å²) in [6, 6.07) is 0.847. The van der Waals surface area contributed by atoms with Crippen LogP contribution in [0.3, 0.4) is 0 Å². The quantitative estimate of drug-likeness (QED) is 0.508. The van der Waals surface area contributed by atoms with Crippen molar-refractivity contribution in [1.29, 1.82) is 0 Å². The summed E-state index contributed by atoms with van der Waals surface area (Å²) in [6.45, 7) is 0. The van der Waals surface area contributed by atoms with Crippen LogP contribution in [0.15, 0.2) is 28.6 Å². The number of imidazole rings is 1. The van der Waals surface area contributed by atoms with Crippen LogP contribution in [0.4, 0.5) is 19.1 Å². The summed E-state index contributed by atoms with van der Waals surface area (Å²) in [6.07, 6.45) is -1.35. The van der Waals surface area contributed by atoms with Crippen molar-refractivity contribution >= 4 is 17.7 Å². The lowest BCUT2D eigenvalue weighted by Crippen LogP contribution is -2.15. The Morgan fingerprint density at radius 1 is 1.37 bits per heavy atom. The second-order valence-corrected chi connectivity index (χ2v) is 4.47. The number of rotatable bonds is 3. The van der Waals surface area contributed by atoms with Crippen molar-refractivity contribution in [1.82, 2.24) is 19.5 Å². The number of hydrazine groups is 1. The third kappa shape index (κ3) is 3.15. The molecule has 0 saturated carbocycles. The van der Waals surface area contributed by atoms with E-state index in [9.17, 15) is 13.2 Å². The predicted octanol–water partition coefficient (Wildman–Crippen LogP) is 1.67. The summed E-state index contributed by atoms with van der Waals surface area (Å²) in [5.41, 5.74) is 0.948. The molecule has 0 fully saturated rings. The van der Waals surface area contributed by atoms with E-state index in [-0.39, 0.29) is 11.0 Å². The molecule has 0 spiro atoms. The Bertz CT molecular complexity index is 582. The molecule has 0 bridgehead atoms. The second-order valence-electron chi connectivity index (χ2n) is 3.48. The van der Waals surface area contributed by atoms with Crippen molar-refractivity contribution in [3.63, 3.8) is 0 Å². The van der Waals surface area contributed by atoms with Crippen molar-refractivity contribution in [2.45, 2.75) is 16.4 Å². The first-order chi connectivity index (χ1) is 8.90. The van der Waals surface area contributed by atoms with Gasteiger partial charge in [-0.3, -0.25) is 5.43 Å². The van der Waals surface area contributed by atoms with Crippen LogP contribution in [0, 0.1) is 0 Å². The lowest BCUT2D eigenvalue weighted by atomic mass is 10.4. The Labute approximate surface area is 110 Å². The average Bonchev–Trinajstić information content (AvgIpc) is 2.73. The van der Waals surface area contributed by atoms with Gasteiger partial charge in [0.15, 0.2) is 10.9 Å². The minimum absolute atomic E-state index is 0.101. The molecule has 3 N–H and O–H groups in total. The van der Waals surface area contributed by atoms with Crippen molar-refractivity contribution in [3.8, 4) is 0 Å². The summed E-state index contributed by atoms with van der Waals surface area (Å²) < 4.78 is 39.6. The molecule has 19 heavy (non-hydrogen) atoms. The molecule has 2 aromatic heterocycles. The first kappa shape index (κ1) is 13.6. The molecule has 0 saturated heterocycles. The standard InChI is InChI=1S/C9H9F3N6S/c1-18-3-2-14-8(18)19-6-4-5(9(10,11)12)15-7(16-6)17-13/h2-4H,13H2,1H3,(H,15,16,17). The van der Waals surface area contributed by atoms with Crippen LogP contribution in [-0.2, 0) is 13.2 Å². The molecular weight excluding hydrogens is 281 g/mol. The van der Waals surface area contributed by atoms with Crippen molar-refractivity contribution < 1.29 is 13.2 Å². The molecule has 0 aliphatic rings. The van der Waals surface area contributed by atoms with E-state index in [1.807, 2.05) is 5.43 Å². The van der Waals surface area contributed by atoms with Gasteiger partial charge in [-0.25, -0.2) is 20.8 Å². The summed E-state index contributed by atoms with van der Waals surface area (Å²) in [5, 5.41) is 0.611. The van der Waals surface area contributed by atoms with Crippen molar-refractivity contribution in [3.05, 3.63) is 24.2 Å². The number of aryl methyl sites for hydroxylation is 1.